The van der Waals surface area contributed by atoms with Gasteiger partial charge in [0, 0.05) is 26.9 Å². The first-order valence-electron chi connectivity index (χ1n) is 5.71. The Labute approximate surface area is 106 Å². The van der Waals surface area contributed by atoms with E-state index in [1.807, 2.05) is 0 Å². The van der Waals surface area contributed by atoms with Gasteiger partial charge in [0.1, 0.15) is 6.61 Å². The molecule has 104 valence electrons. The maximum Gasteiger partial charge on any atom is 0.302 e. The zero-order valence-electron chi connectivity index (χ0n) is 10.7. The second kappa shape index (κ2) is 9.61. The molecule has 6 nitrogen and oxygen atoms in total. The standard InChI is InChI=1S/C12H20O6/c1-9(14)17-6-4-11(8-18-10(2)15)7-12(16)3-5-13/h7,12-13,16H,3-6,8H2,1-2H3/b11-7-/t12-/m1/s1. The van der Waals surface area contributed by atoms with Crippen molar-refractivity contribution in [1.29, 1.82) is 0 Å². The van der Waals surface area contributed by atoms with E-state index in [1.165, 1.54) is 19.9 Å². The average Bonchev–Trinajstić information content (AvgIpc) is 2.25. The van der Waals surface area contributed by atoms with Gasteiger partial charge in [-0.05, 0) is 12.0 Å². The zero-order valence-corrected chi connectivity index (χ0v) is 10.7. The molecule has 2 N–H and O–H groups in total. The van der Waals surface area contributed by atoms with Crippen LogP contribution in [-0.4, -0.2) is 48.1 Å². The fourth-order valence-corrected chi connectivity index (χ4v) is 1.21. The number of ether oxygens (including phenoxy) is 2. The topological polar surface area (TPSA) is 93.1 Å². The van der Waals surface area contributed by atoms with Crippen LogP contribution in [0.3, 0.4) is 0 Å². The molecule has 0 unspecified atom stereocenters. The predicted molar refractivity (Wildman–Crippen MR) is 63.7 cm³/mol. The lowest BCUT2D eigenvalue weighted by molar-refractivity contribution is -0.142. The van der Waals surface area contributed by atoms with Gasteiger partial charge in [0.2, 0.25) is 0 Å². The van der Waals surface area contributed by atoms with Gasteiger partial charge in [-0.25, -0.2) is 0 Å². The molecule has 18 heavy (non-hydrogen) atoms. The quantitative estimate of drug-likeness (QED) is 0.477. The van der Waals surface area contributed by atoms with Crippen molar-refractivity contribution < 1.29 is 29.3 Å². The smallest absolute Gasteiger partial charge is 0.302 e. The molecular weight excluding hydrogens is 240 g/mol. The number of aliphatic hydroxyl groups excluding tert-OH is 2. The maximum absolute atomic E-state index is 10.7. The van der Waals surface area contributed by atoms with Crippen LogP contribution in [0.15, 0.2) is 11.6 Å². The lowest BCUT2D eigenvalue weighted by Crippen LogP contribution is -2.12. The van der Waals surface area contributed by atoms with Gasteiger partial charge in [-0.3, -0.25) is 9.59 Å². The monoisotopic (exact) mass is 260 g/mol. The minimum Gasteiger partial charge on any atom is -0.466 e. The number of aliphatic hydroxyl groups is 2. The molecule has 0 aliphatic rings. The second-order valence-electron chi connectivity index (χ2n) is 3.77. The maximum atomic E-state index is 10.7. The lowest BCUT2D eigenvalue weighted by Gasteiger charge is -2.11. The molecule has 0 fully saturated rings. The van der Waals surface area contributed by atoms with Crippen molar-refractivity contribution in [2.75, 3.05) is 19.8 Å². The van der Waals surface area contributed by atoms with E-state index in [0.717, 1.165) is 0 Å². The Hall–Kier alpha value is -1.40. The highest BCUT2D eigenvalue weighted by Gasteiger charge is 2.06. The third-order valence-electron chi connectivity index (χ3n) is 2.04. The Morgan fingerprint density at radius 2 is 1.83 bits per heavy atom. The van der Waals surface area contributed by atoms with E-state index >= 15 is 0 Å². The summed E-state index contributed by atoms with van der Waals surface area (Å²) in [5, 5.41) is 18.2. The number of hydrogen-bond acceptors (Lipinski definition) is 6. The van der Waals surface area contributed by atoms with E-state index in [0.29, 0.717) is 12.0 Å². The van der Waals surface area contributed by atoms with Crippen molar-refractivity contribution in [1.82, 2.24) is 0 Å². The Morgan fingerprint density at radius 3 is 2.33 bits per heavy atom. The van der Waals surface area contributed by atoms with Crippen molar-refractivity contribution in [3.63, 3.8) is 0 Å². The normalized spacial score (nSPS) is 13.0. The van der Waals surface area contributed by atoms with Crippen LogP contribution >= 0.6 is 0 Å². The Bertz CT molecular complexity index is 297. The summed E-state index contributed by atoms with van der Waals surface area (Å²) >= 11 is 0. The number of hydrogen-bond donors (Lipinski definition) is 2. The first-order valence-corrected chi connectivity index (χ1v) is 5.71. The van der Waals surface area contributed by atoms with Crippen LogP contribution in [0.1, 0.15) is 26.7 Å². The van der Waals surface area contributed by atoms with Crippen LogP contribution in [0, 0.1) is 0 Å². The van der Waals surface area contributed by atoms with E-state index in [4.69, 9.17) is 14.6 Å². The van der Waals surface area contributed by atoms with E-state index < -0.39 is 18.0 Å². The summed E-state index contributed by atoms with van der Waals surface area (Å²) in [6.45, 7) is 2.65. The van der Waals surface area contributed by atoms with E-state index in [-0.39, 0.29) is 26.2 Å². The first kappa shape index (κ1) is 16.6. The summed E-state index contributed by atoms with van der Waals surface area (Å²) < 4.78 is 9.59. The van der Waals surface area contributed by atoms with Crippen molar-refractivity contribution in [2.45, 2.75) is 32.8 Å². The molecule has 0 aromatic heterocycles. The van der Waals surface area contributed by atoms with Gasteiger partial charge in [-0.2, -0.15) is 0 Å². The molecule has 0 aliphatic carbocycles. The number of rotatable bonds is 8. The van der Waals surface area contributed by atoms with Gasteiger partial charge in [-0.1, -0.05) is 6.08 Å². The first-order chi connectivity index (χ1) is 8.45. The molecule has 0 saturated heterocycles. The highest BCUT2D eigenvalue weighted by atomic mass is 16.5. The molecule has 0 heterocycles. The van der Waals surface area contributed by atoms with Gasteiger partial charge in [0.05, 0.1) is 12.7 Å². The highest BCUT2D eigenvalue weighted by molar-refractivity contribution is 5.66. The average molecular weight is 260 g/mol. The van der Waals surface area contributed by atoms with Gasteiger partial charge in [0.25, 0.3) is 0 Å². The van der Waals surface area contributed by atoms with Crippen molar-refractivity contribution in [3.8, 4) is 0 Å². The molecule has 0 bridgehead atoms. The Morgan fingerprint density at radius 1 is 1.22 bits per heavy atom. The molecule has 0 radical (unpaired) electrons. The van der Waals surface area contributed by atoms with E-state index in [2.05, 4.69) is 0 Å². The molecule has 0 amide bonds. The Kier molecular flexibility index (Phi) is 8.86. The fourth-order valence-electron chi connectivity index (χ4n) is 1.21. The molecule has 1 atom stereocenters. The molecular formula is C12H20O6. The van der Waals surface area contributed by atoms with Gasteiger partial charge < -0.3 is 19.7 Å². The summed E-state index contributed by atoms with van der Waals surface area (Å²) in [5.74, 6) is -0.817. The Balaban J connectivity index is 4.30. The van der Waals surface area contributed by atoms with Crippen molar-refractivity contribution in [2.24, 2.45) is 0 Å². The third-order valence-corrected chi connectivity index (χ3v) is 2.04. The molecule has 0 spiro atoms. The number of esters is 2. The highest BCUT2D eigenvalue weighted by Crippen LogP contribution is 2.07. The summed E-state index contributed by atoms with van der Waals surface area (Å²) in [7, 11) is 0. The molecule has 0 aromatic carbocycles. The predicted octanol–water partition coefficient (Wildman–Crippen LogP) is 0.172. The molecule has 0 saturated carbocycles. The van der Waals surface area contributed by atoms with Crippen LogP contribution in [0.5, 0.6) is 0 Å². The van der Waals surface area contributed by atoms with Crippen LogP contribution in [0.25, 0.3) is 0 Å². The van der Waals surface area contributed by atoms with Crippen LogP contribution in [-0.2, 0) is 19.1 Å². The lowest BCUT2D eigenvalue weighted by atomic mass is 10.1. The molecule has 0 aromatic rings. The molecule has 6 heteroatoms. The van der Waals surface area contributed by atoms with Crippen LogP contribution in [0.4, 0.5) is 0 Å². The summed E-state index contributed by atoms with van der Waals surface area (Å²) in [4.78, 5) is 21.3. The second-order valence-corrected chi connectivity index (χ2v) is 3.77. The minimum absolute atomic E-state index is 0.0408. The van der Waals surface area contributed by atoms with Gasteiger partial charge in [0.15, 0.2) is 0 Å². The van der Waals surface area contributed by atoms with Crippen molar-refractivity contribution >= 4 is 11.9 Å². The molecule has 0 aliphatic heterocycles. The third kappa shape index (κ3) is 9.80. The van der Waals surface area contributed by atoms with E-state index in [1.54, 1.807) is 0 Å². The van der Waals surface area contributed by atoms with Gasteiger partial charge >= 0.3 is 11.9 Å². The van der Waals surface area contributed by atoms with Crippen molar-refractivity contribution in [3.05, 3.63) is 11.6 Å². The largest absolute Gasteiger partial charge is 0.466 e. The van der Waals surface area contributed by atoms with Crippen LogP contribution in [0.2, 0.25) is 0 Å². The summed E-state index contributed by atoms with van der Waals surface area (Å²) in [6.07, 6.45) is 1.27. The molecule has 0 rings (SSSR count). The summed E-state index contributed by atoms with van der Waals surface area (Å²) in [6, 6.07) is 0. The SMILES string of the molecule is CC(=O)OCC/C(=C/[C@H](O)CCO)COC(C)=O. The number of carbonyl (C=O) groups is 2. The van der Waals surface area contributed by atoms with Crippen LogP contribution < -0.4 is 0 Å². The zero-order chi connectivity index (χ0) is 14.0. The minimum atomic E-state index is -0.808. The summed E-state index contributed by atoms with van der Waals surface area (Å²) in [5.41, 5.74) is 0.646. The number of carbonyl (C=O) groups excluding carboxylic acids is 2. The van der Waals surface area contributed by atoms with E-state index in [9.17, 15) is 14.7 Å². The fraction of sp³-hybridized carbons (Fsp3) is 0.667. The van der Waals surface area contributed by atoms with Gasteiger partial charge in [-0.15, -0.1) is 0 Å².